The molecule has 0 aromatic carbocycles. The van der Waals surface area contributed by atoms with Crippen LogP contribution in [0.2, 0.25) is 0 Å². The van der Waals surface area contributed by atoms with Gasteiger partial charge in [-0.25, -0.2) is 0 Å². The molecule has 0 aromatic rings. The zero-order valence-corrected chi connectivity index (χ0v) is 8.50. The van der Waals surface area contributed by atoms with Gasteiger partial charge in [-0.2, -0.15) is 0 Å². The number of aliphatic carboxylic acids is 1. The van der Waals surface area contributed by atoms with Gasteiger partial charge in [0.2, 0.25) is 0 Å². The maximum atomic E-state index is 10.9. The lowest BCUT2D eigenvalue weighted by Crippen LogP contribution is -2.36. The van der Waals surface area contributed by atoms with Crippen LogP contribution in [0.4, 0.5) is 0 Å². The molecule has 76 valence electrons. The van der Waals surface area contributed by atoms with Crippen molar-refractivity contribution in [2.45, 2.75) is 45.6 Å². The zero-order valence-electron chi connectivity index (χ0n) is 8.50. The predicted octanol–water partition coefficient (Wildman–Crippen LogP) is 1.65. The molecule has 0 radical (unpaired) electrons. The van der Waals surface area contributed by atoms with Gasteiger partial charge in [0.15, 0.2) is 0 Å². The Morgan fingerprint density at radius 3 is 2.23 bits per heavy atom. The first kappa shape index (κ1) is 10.5. The van der Waals surface area contributed by atoms with E-state index in [4.69, 9.17) is 5.11 Å². The number of aliphatic hydroxyl groups is 1. The molecule has 3 heteroatoms. The van der Waals surface area contributed by atoms with E-state index in [2.05, 4.69) is 0 Å². The summed E-state index contributed by atoms with van der Waals surface area (Å²) in [5.41, 5.74) is -1.47. The van der Waals surface area contributed by atoms with Crippen molar-refractivity contribution >= 4 is 5.97 Å². The van der Waals surface area contributed by atoms with E-state index in [9.17, 15) is 9.90 Å². The Bertz CT molecular complexity index is 214. The van der Waals surface area contributed by atoms with Crippen LogP contribution in [-0.4, -0.2) is 21.8 Å². The molecule has 1 atom stereocenters. The van der Waals surface area contributed by atoms with Crippen LogP contribution in [-0.2, 0) is 4.79 Å². The Balaban J connectivity index is 2.63. The van der Waals surface area contributed by atoms with Gasteiger partial charge in [-0.05, 0) is 32.1 Å². The van der Waals surface area contributed by atoms with Gasteiger partial charge < -0.3 is 10.2 Å². The maximum Gasteiger partial charge on any atom is 0.309 e. The van der Waals surface area contributed by atoms with Gasteiger partial charge in [0.1, 0.15) is 0 Å². The molecular formula is C10H18O3. The van der Waals surface area contributed by atoms with Gasteiger partial charge in [-0.1, -0.05) is 13.8 Å². The van der Waals surface area contributed by atoms with E-state index in [0.717, 1.165) is 0 Å². The second-order valence-electron chi connectivity index (χ2n) is 4.77. The van der Waals surface area contributed by atoms with E-state index in [0.29, 0.717) is 19.3 Å². The highest BCUT2D eigenvalue weighted by molar-refractivity contribution is 5.77. The summed E-state index contributed by atoms with van der Waals surface area (Å²) < 4.78 is 0. The molecule has 1 saturated carbocycles. The fourth-order valence-electron chi connectivity index (χ4n) is 1.51. The maximum absolute atomic E-state index is 10.9. The molecule has 0 aliphatic heterocycles. The molecule has 1 unspecified atom stereocenters. The van der Waals surface area contributed by atoms with E-state index in [1.165, 1.54) is 0 Å². The zero-order chi connectivity index (χ0) is 10.3. The number of rotatable bonds is 4. The van der Waals surface area contributed by atoms with Gasteiger partial charge in [-0.15, -0.1) is 0 Å². The summed E-state index contributed by atoms with van der Waals surface area (Å²) in [6, 6.07) is 0. The first-order valence-corrected chi connectivity index (χ1v) is 4.76. The minimum atomic E-state index is -0.852. The first-order valence-electron chi connectivity index (χ1n) is 4.76. The molecule has 1 aliphatic carbocycles. The Labute approximate surface area is 78.8 Å². The molecule has 13 heavy (non-hydrogen) atoms. The van der Waals surface area contributed by atoms with Crippen LogP contribution < -0.4 is 0 Å². The van der Waals surface area contributed by atoms with E-state index in [-0.39, 0.29) is 5.92 Å². The van der Waals surface area contributed by atoms with E-state index < -0.39 is 17.0 Å². The molecule has 3 nitrogen and oxygen atoms in total. The fraction of sp³-hybridized carbons (Fsp3) is 0.900. The highest BCUT2D eigenvalue weighted by Gasteiger charge is 2.53. The third kappa shape index (κ3) is 2.02. The van der Waals surface area contributed by atoms with Crippen LogP contribution in [0.1, 0.15) is 40.0 Å². The second kappa shape index (κ2) is 2.98. The molecule has 0 bridgehead atoms. The average molecular weight is 186 g/mol. The average Bonchev–Trinajstić information content (AvgIpc) is 2.67. The molecule has 2 N–H and O–H groups in total. The summed E-state index contributed by atoms with van der Waals surface area (Å²) in [6.45, 7) is 5.55. The number of hydrogen-bond acceptors (Lipinski definition) is 2. The van der Waals surface area contributed by atoms with Crippen LogP contribution in [0.15, 0.2) is 0 Å². The van der Waals surface area contributed by atoms with E-state index in [1.54, 1.807) is 6.92 Å². The molecule has 0 heterocycles. The minimum Gasteiger partial charge on any atom is -0.481 e. The summed E-state index contributed by atoms with van der Waals surface area (Å²) in [5, 5.41) is 18.9. The lowest BCUT2D eigenvalue weighted by atomic mass is 9.82. The summed E-state index contributed by atoms with van der Waals surface area (Å²) >= 11 is 0. The van der Waals surface area contributed by atoms with Crippen LogP contribution in [0.25, 0.3) is 0 Å². The molecule has 0 saturated heterocycles. The molecule has 0 spiro atoms. The highest BCUT2D eigenvalue weighted by atomic mass is 16.4. The van der Waals surface area contributed by atoms with Crippen molar-refractivity contribution < 1.29 is 15.0 Å². The third-order valence-electron chi connectivity index (χ3n) is 3.25. The summed E-state index contributed by atoms with van der Waals surface area (Å²) in [7, 11) is 0. The van der Waals surface area contributed by atoms with Gasteiger partial charge in [0.25, 0.3) is 0 Å². The molecular weight excluding hydrogens is 168 g/mol. The quantitative estimate of drug-likeness (QED) is 0.701. The lowest BCUT2D eigenvalue weighted by molar-refractivity contribution is -0.146. The Morgan fingerprint density at radius 2 is 2.00 bits per heavy atom. The van der Waals surface area contributed by atoms with Gasteiger partial charge in [0.05, 0.1) is 11.0 Å². The Morgan fingerprint density at radius 1 is 1.54 bits per heavy atom. The van der Waals surface area contributed by atoms with Gasteiger partial charge in [0, 0.05) is 0 Å². The largest absolute Gasteiger partial charge is 0.481 e. The molecule has 1 fully saturated rings. The van der Waals surface area contributed by atoms with E-state index in [1.807, 2.05) is 13.8 Å². The third-order valence-corrected chi connectivity index (χ3v) is 3.25. The standard InChI is InChI=1S/C10H18O3/c1-7(2)9(3,13)6-10(4-5-10)8(11)12/h7,13H,4-6H2,1-3H3,(H,11,12). The van der Waals surface area contributed by atoms with Crippen molar-refractivity contribution in [3.63, 3.8) is 0 Å². The number of carbonyl (C=O) groups is 1. The van der Waals surface area contributed by atoms with Crippen molar-refractivity contribution in [2.24, 2.45) is 11.3 Å². The fourth-order valence-corrected chi connectivity index (χ4v) is 1.51. The summed E-state index contributed by atoms with van der Waals surface area (Å²) in [5.74, 6) is -0.655. The normalized spacial score (nSPS) is 24.1. The number of hydrogen-bond donors (Lipinski definition) is 2. The molecule has 0 amide bonds. The van der Waals surface area contributed by atoms with Crippen LogP contribution in [0.5, 0.6) is 0 Å². The SMILES string of the molecule is CC(C)C(C)(O)CC1(C(=O)O)CC1. The number of carboxylic acid groups (broad SMARTS) is 1. The lowest BCUT2D eigenvalue weighted by Gasteiger charge is -2.30. The monoisotopic (exact) mass is 186 g/mol. The van der Waals surface area contributed by atoms with E-state index >= 15 is 0 Å². The molecule has 1 aliphatic rings. The van der Waals surface area contributed by atoms with Gasteiger partial charge in [-0.3, -0.25) is 4.79 Å². The van der Waals surface area contributed by atoms with Crippen molar-refractivity contribution in [1.29, 1.82) is 0 Å². The summed E-state index contributed by atoms with van der Waals surface area (Å²) in [4.78, 5) is 10.9. The smallest absolute Gasteiger partial charge is 0.309 e. The topological polar surface area (TPSA) is 57.5 Å². The van der Waals surface area contributed by atoms with Crippen molar-refractivity contribution in [2.75, 3.05) is 0 Å². The Kier molecular flexibility index (Phi) is 2.41. The first-order chi connectivity index (χ1) is 5.80. The molecule has 0 aromatic heterocycles. The van der Waals surface area contributed by atoms with Crippen LogP contribution in [0, 0.1) is 11.3 Å². The van der Waals surface area contributed by atoms with Gasteiger partial charge >= 0.3 is 5.97 Å². The predicted molar refractivity (Wildman–Crippen MR) is 49.4 cm³/mol. The Hall–Kier alpha value is -0.570. The second-order valence-corrected chi connectivity index (χ2v) is 4.77. The van der Waals surface area contributed by atoms with Crippen molar-refractivity contribution in [3.05, 3.63) is 0 Å². The molecule has 1 rings (SSSR count). The van der Waals surface area contributed by atoms with Crippen LogP contribution in [0.3, 0.4) is 0 Å². The number of carboxylic acids is 1. The van der Waals surface area contributed by atoms with Crippen molar-refractivity contribution in [1.82, 2.24) is 0 Å². The summed E-state index contributed by atoms with van der Waals surface area (Å²) in [6.07, 6.45) is 1.81. The minimum absolute atomic E-state index is 0.101. The highest BCUT2D eigenvalue weighted by Crippen LogP contribution is 2.52. The van der Waals surface area contributed by atoms with Crippen molar-refractivity contribution in [3.8, 4) is 0 Å². The van der Waals surface area contributed by atoms with Crippen LogP contribution >= 0.6 is 0 Å².